The van der Waals surface area contributed by atoms with E-state index in [9.17, 15) is 4.79 Å². The van der Waals surface area contributed by atoms with Gasteiger partial charge in [0.05, 0.1) is 22.0 Å². The average Bonchev–Trinajstić information content (AvgIpc) is 3.64. The van der Waals surface area contributed by atoms with Gasteiger partial charge >= 0.3 is 0 Å². The van der Waals surface area contributed by atoms with Crippen molar-refractivity contribution in [2.75, 3.05) is 70.3 Å². The first-order chi connectivity index (χ1) is 19.4. The van der Waals surface area contributed by atoms with Gasteiger partial charge in [-0.3, -0.25) is 9.69 Å². The second-order valence-corrected chi connectivity index (χ2v) is 12.8. The molecule has 6 rings (SSSR count). The fourth-order valence-corrected chi connectivity index (χ4v) is 7.78. The molecule has 11 heteroatoms. The normalized spacial score (nSPS) is 19.9. The highest BCUT2D eigenvalue weighted by atomic mass is 32.1. The number of pyridine rings is 1. The predicted octanol–water partition coefficient (Wildman–Crippen LogP) is 3.67. The van der Waals surface area contributed by atoms with E-state index in [1.807, 2.05) is 32.6 Å². The smallest absolute Gasteiger partial charge is 0.263 e. The molecular formula is C29H41N9OS. The lowest BCUT2D eigenvalue weighted by molar-refractivity contribution is 0.0831. The SMILES string of the molecule is CN1CCC(N2CCN(c3cnc(N(N)c4cc5c(C6CCCC6)c(C(=O)N(C)C)sc5cn4)cn3)CC2)CC1. The van der Waals surface area contributed by atoms with Gasteiger partial charge in [0.2, 0.25) is 0 Å². The molecule has 0 aromatic carbocycles. The minimum atomic E-state index is 0.0582. The minimum Gasteiger partial charge on any atom is -0.353 e. The standard InChI is InChI=1S/C29H41N9OS/c1-34(2)29(39)28-27(20-6-4-5-7-20)22-16-24(31-17-23(22)40-28)38(30)26-19-32-25(18-33-26)37-14-12-36(13-15-37)21-8-10-35(3)11-9-21/h16-21H,4-15,30H2,1-3H3. The van der Waals surface area contributed by atoms with Crippen LogP contribution in [0.4, 0.5) is 17.5 Å². The number of piperazine rings is 1. The molecule has 10 nitrogen and oxygen atoms in total. The van der Waals surface area contributed by atoms with Crippen molar-refractivity contribution in [2.45, 2.75) is 50.5 Å². The number of rotatable bonds is 6. The van der Waals surface area contributed by atoms with Crippen LogP contribution < -0.4 is 15.8 Å². The first-order valence-electron chi connectivity index (χ1n) is 14.6. The summed E-state index contributed by atoms with van der Waals surface area (Å²) in [6.45, 7) is 6.43. The molecule has 5 heterocycles. The van der Waals surface area contributed by atoms with Gasteiger partial charge in [-0.25, -0.2) is 25.8 Å². The number of amides is 1. The third kappa shape index (κ3) is 5.39. The minimum absolute atomic E-state index is 0.0582. The highest BCUT2D eigenvalue weighted by Gasteiger charge is 2.29. The van der Waals surface area contributed by atoms with Crippen molar-refractivity contribution in [1.29, 1.82) is 0 Å². The molecule has 214 valence electrons. The van der Waals surface area contributed by atoms with Crippen LogP contribution in [0.5, 0.6) is 0 Å². The first kappa shape index (κ1) is 27.3. The van der Waals surface area contributed by atoms with Crippen LogP contribution in [0.1, 0.15) is 59.7 Å². The second kappa shape index (κ2) is 11.6. The number of nitrogens with two attached hydrogens (primary N) is 1. The summed E-state index contributed by atoms with van der Waals surface area (Å²) in [5, 5.41) is 2.58. The topological polar surface area (TPSA) is 98.0 Å². The maximum Gasteiger partial charge on any atom is 0.263 e. The number of thiophene rings is 1. The number of carbonyl (C=O) groups is 1. The Hall–Kier alpha value is -2.86. The molecule has 1 aliphatic carbocycles. The Morgan fingerprint density at radius 1 is 0.925 bits per heavy atom. The highest BCUT2D eigenvalue weighted by molar-refractivity contribution is 7.21. The van der Waals surface area contributed by atoms with Gasteiger partial charge in [0.1, 0.15) is 11.6 Å². The predicted molar refractivity (Wildman–Crippen MR) is 162 cm³/mol. The van der Waals surface area contributed by atoms with Gasteiger partial charge in [0.15, 0.2) is 5.82 Å². The quantitative estimate of drug-likeness (QED) is 0.356. The van der Waals surface area contributed by atoms with E-state index in [2.05, 4.69) is 31.7 Å². The van der Waals surface area contributed by atoms with Crippen LogP contribution in [0.2, 0.25) is 0 Å². The number of anilines is 3. The van der Waals surface area contributed by atoms with E-state index in [0.29, 0.717) is 23.6 Å². The highest BCUT2D eigenvalue weighted by Crippen LogP contribution is 2.44. The number of nitrogens with zero attached hydrogens (tertiary/aromatic N) is 8. The molecule has 2 N–H and O–H groups in total. The Balaban J connectivity index is 1.17. The molecule has 2 saturated heterocycles. The Morgan fingerprint density at radius 2 is 1.62 bits per heavy atom. The molecule has 0 spiro atoms. The molecule has 3 aromatic heterocycles. The summed E-state index contributed by atoms with van der Waals surface area (Å²) >= 11 is 1.54. The van der Waals surface area contributed by atoms with Crippen LogP contribution in [-0.2, 0) is 0 Å². The van der Waals surface area contributed by atoms with E-state index in [1.165, 1.54) is 55.1 Å². The van der Waals surface area contributed by atoms with E-state index in [0.717, 1.165) is 65.4 Å². The van der Waals surface area contributed by atoms with Crippen molar-refractivity contribution in [3.05, 3.63) is 35.1 Å². The van der Waals surface area contributed by atoms with Gasteiger partial charge in [-0.05, 0) is 63.4 Å². The zero-order valence-electron chi connectivity index (χ0n) is 23.9. The molecule has 0 radical (unpaired) electrons. The zero-order chi connectivity index (χ0) is 27.8. The number of fused-ring (bicyclic) bond motifs is 1. The molecule has 1 amide bonds. The molecule has 3 fully saturated rings. The van der Waals surface area contributed by atoms with Crippen LogP contribution in [0.15, 0.2) is 24.7 Å². The van der Waals surface area contributed by atoms with E-state index in [-0.39, 0.29) is 5.91 Å². The lowest BCUT2D eigenvalue weighted by Gasteiger charge is -2.42. The fraction of sp³-hybridized carbons (Fsp3) is 0.586. The number of aromatic nitrogens is 3. The number of carbonyl (C=O) groups excluding carboxylic acids is 1. The van der Waals surface area contributed by atoms with E-state index < -0.39 is 0 Å². The number of likely N-dealkylation sites (tertiary alicyclic amines) is 1. The van der Waals surface area contributed by atoms with Gasteiger partial charge in [-0.2, -0.15) is 0 Å². The summed E-state index contributed by atoms with van der Waals surface area (Å²) in [7, 11) is 5.84. The first-order valence-corrected chi connectivity index (χ1v) is 15.4. The van der Waals surface area contributed by atoms with Gasteiger partial charge in [0, 0.05) is 57.9 Å². The Bertz CT molecular complexity index is 1320. The van der Waals surface area contributed by atoms with Crippen molar-refractivity contribution in [3.8, 4) is 0 Å². The van der Waals surface area contributed by atoms with Crippen molar-refractivity contribution >= 4 is 44.8 Å². The maximum atomic E-state index is 13.1. The molecule has 3 aliphatic rings. The lowest BCUT2D eigenvalue weighted by atomic mass is 9.94. The molecule has 1 saturated carbocycles. The van der Waals surface area contributed by atoms with Crippen LogP contribution in [0, 0.1) is 0 Å². The van der Waals surface area contributed by atoms with Crippen molar-refractivity contribution < 1.29 is 4.79 Å². The third-order valence-electron chi connectivity index (χ3n) is 8.92. The number of hydrogen-bond donors (Lipinski definition) is 1. The molecule has 3 aromatic rings. The summed E-state index contributed by atoms with van der Waals surface area (Å²) in [6, 6.07) is 2.72. The maximum absolute atomic E-state index is 13.1. The van der Waals surface area contributed by atoms with E-state index in [1.54, 1.807) is 11.1 Å². The van der Waals surface area contributed by atoms with E-state index >= 15 is 0 Å². The number of hydrazine groups is 1. The van der Waals surface area contributed by atoms with Crippen LogP contribution in [-0.4, -0.2) is 102 Å². The number of piperidine rings is 1. The van der Waals surface area contributed by atoms with E-state index in [4.69, 9.17) is 10.8 Å². The van der Waals surface area contributed by atoms with Crippen molar-refractivity contribution in [3.63, 3.8) is 0 Å². The molecule has 2 aliphatic heterocycles. The van der Waals surface area contributed by atoms with Crippen LogP contribution in [0.25, 0.3) is 10.1 Å². The molecule has 40 heavy (non-hydrogen) atoms. The second-order valence-electron chi connectivity index (χ2n) is 11.7. The summed E-state index contributed by atoms with van der Waals surface area (Å²) in [5.74, 6) is 9.02. The zero-order valence-corrected chi connectivity index (χ0v) is 24.7. The van der Waals surface area contributed by atoms with Crippen LogP contribution >= 0.6 is 11.3 Å². The van der Waals surface area contributed by atoms with Crippen LogP contribution in [0.3, 0.4) is 0 Å². The van der Waals surface area contributed by atoms with Gasteiger partial charge in [-0.15, -0.1) is 11.3 Å². The number of hydrogen-bond acceptors (Lipinski definition) is 10. The van der Waals surface area contributed by atoms with Gasteiger partial charge in [0.25, 0.3) is 5.91 Å². The molecule has 0 atom stereocenters. The Morgan fingerprint density at radius 3 is 2.27 bits per heavy atom. The average molecular weight is 564 g/mol. The largest absolute Gasteiger partial charge is 0.353 e. The summed E-state index contributed by atoms with van der Waals surface area (Å²) in [6.07, 6.45) is 12.5. The monoisotopic (exact) mass is 563 g/mol. The van der Waals surface area contributed by atoms with Crippen molar-refractivity contribution in [2.24, 2.45) is 5.84 Å². The van der Waals surface area contributed by atoms with Crippen molar-refractivity contribution in [1.82, 2.24) is 29.7 Å². The molecular weight excluding hydrogens is 522 g/mol. The summed E-state index contributed by atoms with van der Waals surface area (Å²) in [4.78, 5) is 37.0. The summed E-state index contributed by atoms with van der Waals surface area (Å²) < 4.78 is 1.02. The van der Waals surface area contributed by atoms with Gasteiger partial charge in [-0.1, -0.05) is 12.8 Å². The Labute approximate surface area is 240 Å². The molecule has 0 unspecified atom stereocenters. The summed E-state index contributed by atoms with van der Waals surface area (Å²) in [5.41, 5.74) is 1.16. The van der Waals surface area contributed by atoms with Gasteiger partial charge < -0.3 is 14.7 Å². The molecule has 0 bridgehead atoms. The fourth-order valence-electron chi connectivity index (χ4n) is 6.52. The third-order valence-corrected chi connectivity index (χ3v) is 10.1. The Kier molecular flexibility index (Phi) is 7.89. The lowest BCUT2D eigenvalue weighted by Crippen LogP contribution is -2.53.